The Morgan fingerprint density at radius 2 is 1.40 bits per heavy atom. The van der Waals surface area contributed by atoms with Gasteiger partial charge in [0.1, 0.15) is 8.07 Å². The topological polar surface area (TPSA) is 74.0 Å². The van der Waals surface area contributed by atoms with Crippen LogP contribution in [0.3, 0.4) is 0 Å². The first-order valence-electron chi connectivity index (χ1n) is 8.82. The molecule has 0 N–H and O–H groups in total. The average Bonchev–Trinajstić information content (AvgIpc) is 3.04. The smallest absolute Gasteiger partial charge is 0.485 e. The molecule has 0 unspecified atom stereocenters. The second kappa shape index (κ2) is 9.37. The van der Waals surface area contributed by atoms with Gasteiger partial charge in [0, 0.05) is 10.7 Å². The number of halogens is 3. The van der Waals surface area contributed by atoms with E-state index in [2.05, 4.69) is 78.9 Å². The first kappa shape index (κ1) is 24.2. The molecular formula is C19H21F3N2O3S2Si. The SMILES string of the molecule is C[Si](C)(C)C[n+]1nc(-c2ccccc2)sc1-c1ccccc1.O=S(=O)([O-])C(F)(F)F. The standard InChI is InChI=1S/C18H21N2SSi.CHF3O3S/c1-22(2,3)14-20-18(16-12-8-5-9-13-16)21-17(19-20)15-10-6-4-7-11-15;2-1(3,4)8(5,6)7/h4-13H,14H2,1-3H3;(H,5,6,7)/q+1;/p-1. The molecule has 0 spiro atoms. The predicted molar refractivity (Wildman–Crippen MR) is 112 cm³/mol. The first-order chi connectivity index (χ1) is 13.8. The monoisotopic (exact) mass is 474 g/mol. The molecule has 0 aliphatic rings. The largest absolute Gasteiger partial charge is 0.741 e. The summed E-state index contributed by atoms with van der Waals surface area (Å²) in [6.07, 6.45) is 1.04. The molecule has 3 aromatic rings. The van der Waals surface area contributed by atoms with Crippen LogP contribution < -0.4 is 4.68 Å². The van der Waals surface area contributed by atoms with Crippen molar-refractivity contribution < 1.29 is 30.8 Å². The van der Waals surface area contributed by atoms with Crippen molar-refractivity contribution in [2.75, 3.05) is 0 Å². The van der Waals surface area contributed by atoms with E-state index in [1.54, 1.807) is 11.3 Å². The minimum atomic E-state index is -6.09. The van der Waals surface area contributed by atoms with Gasteiger partial charge in [0.15, 0.2) is 21.3 Å². The van der Waals surface area contributed by atoms with Gasteiger partial charge < -0.3 is 4.55 Å². The molecule has 0 bridgehead atoms. The van der Waals surface area contributed by atoms with Crippen LogP contribution in [-0.4, -0.2) is 31.7 Å². The Bertz CT molecular complexity index is 1070. The van der Waals surface area contributed by atoms with E-state index in [1.807, 2.05) is 6.07 Å². The molecule has 0 radical (unpaired) electrons. The van der Waals surface area contributed by atoms with Crippen molar-refractivity contribution in [1.29, 1.82) is 0 Å². The summed E-state index contributed by atoms with van der Waals surface area (Å²) in [4.78, 5) is 0. The summed E-state index contributed by atoms with van der Waals surface area (Å²) >= 11 is 1.78. The number of nitrogens with zero attached hydrogens (tertiary/aromatic N) is 2. The molecule has 1 heterocycles. The predicted octanol–water partition coefficient (Wildman–Crippen LogP) is 4.69. The van der Waals surface area contributed by atoms with Gasteiger partial charge in [-0.1, -0.05) is 72.9 Å². The van der Waals surface area contributed by atoms with Crippen LogP contribution in [0.25, 0.3) is 21.1 Å². The van der Waals surface area contributed by atoms with Crippen LogP contribution in [0, 0.1) is 0 Å². The lowest BCUT2D eigenvalue weighted by molar-refractivity contribution is -0.723. The molecule has 0 amide bonds. The van der Waals surface area contributed by atoms with E-state index in [1.165, 1.54) is 16.1 Å². The van der Waals surface area contributed by atoms with Gasteiger partial charge in [-0.3, -0.25) is 0 Å². The van der Waals surface area contributed by atoms with Crippen LogP contribution in [0.4, 0.5) is 13.2 Å². The van der Waals surface area contributed by atoms with Crippen molar-refractivity contribution in [1.82, 2.24) is 5.10 Å². The number of rotatable bonds is 4. The minimum absolute atomic E-state index is 1.04. The van der Waals surface area contributed by atoms with Gasteiger partial charge in [0.05, 0.1) is 5.56 Å². The van der Waals surface area contributed by atoms with Crippen LogP contribution >= 0.6 is 11.3 Å². The molecular weight excluding hydrogens is 453 g/mol. The fourth-order valence-electron chi connectivity index (χ4n) is 2.36. The summed E-state index contributed by atoms with van der Waals surface area (Å²) in [7, 11) is -7.33. The molecule has 0 saturated heterocycles. The lowest BCUT2D eigenvalue weighted by Crippen LogP contribution is -2.48. The second-order valence-electron chi connectivity index (χ2n) is 7.56. The highest BCUT2D eigenvalue weighted by Crippen LogP contribution is 2.29. The van der Waals surface area contributed by atoms with Gasteiger partial charge in [0.25, 0.3) is 5.01 Å². The molecule has 0 fully saturated rings. The Morgan fingerprint density at radius 3 is 1.80 bits per heavy atom. The van der Waals surface area contributed by atoms with E-state index >= 15 is 0 Å². The Hall–Kier alpha value is -2.08. The maximum atomic E-state index is 10.7. The molecule has 0 atom stereocenters. The normalized spacial score (nSPS) is 12.2. The second-order valence-corrected chi connectivity index (χ2v) is 15.3. The molecule has 0 aliphatic carbocycles. The number of hydrogen-bond acceptors (Lipinski definition) is 5. The fraction of sp³-hybridized carbons (Fsp3) is 0.263. The third kappa shape index (κ3) is 7.01. The number of alkyl halides is 3. The van der Waals surface area contributed by atoms with Crippen LogP contribution in [0.15, 0.2) is 60.7 Å². The zero-order chi connectivity index (χ0) is 22.6. The first-order valence-corrected chi connectivity index (χ1v) is 14.7. The summed E-state index contributed by atoms with van der Waals surface area (Å²) in [5.41, 5.74) is -3.20. The third-order valence-corrected chi connectivity index (χ3v) is 6.55. The quantitative estimate of drug-likeness (QED) is 0.238. The molecule has 11 heteroatoms. The Kier molecular flexibility index (Phi) is 7.56. The third-order valence-electron chi connectivity index (χ3n) is 3.59. The van der Waals surface area contributed by atoms with Crippen molar-refractivity contribution in [3.63, 3.8) is 0 Å². The van der Waals surface area contributed by atoms with Gasteiger partial charge >= 0.3 is 5.51 Å². The molecule has 5 nitrogen and oxygen atoms in total. The van der Waals surface area contributed by atoms with E-state index in [0.29, 0.717) is 0 Å². The van der Waals surface area contributed by atoms with Crippen molar-refractivity contribution >= 4 is 29.5 Å². The average molecular weight is 475 g/mol. The van der Waals surface area contributed by atoms with Crippen molar-refractivity contribution in [2.24, 2.45) is 0 Å². The Labute approximate surface area is 178 Å². The lowest BCUT2D eigenvalue weighted by atomic mass is 10.2. The molecule has 162 valence electrons. The molecule has 0 saturated carbocycles. The molecule has 30 heavy (non-hydrogen) atoms. The zero-order valence-electron chi connectivity index (χ0n) is 16.6. The zero-order valence-corrected chi connectivity index (χ0v) is 19.2. The number of hydrogen-bond donors (Lipinski definition) is 0. The summed E-state index contributed by atoms with van der Waals surface area (Å²) in [5.74, 6) is 0. The highest BCUT2D eigenvalue weighted by atomic mass is 32.2. The molecule has 2 aromatic carbocycles. The summed E-state index contributed by atoms with van der Waals surface area (Å²) in [6.45, 7) is 7.16. The van der Waals surface area contributed by atoms with Crippen LogP contribution in [0.5, 0.6) is 0 Å². The van der Waals surface area contributed by atoms with Crippen LogP contribution in [0.2, 0.25) is 19.6 Å². The van der Waals surface area contributed by atoms with E-state index in [0.717, 1.165) is 11.2 Å². The molecule has 3 rings (SSSR count). The van der Waals surface area contributed by atoms with E-state index < -0.39 is 23.7 Å². The molecule has 0 aliphatic heterocycles. The number of benzene rings is 2. The van der Waals surface area contributed by atoms with E-state index in [4.69, 9.17) is 18.1 Å². The van der Waals surface area contributed by atoms with Gasteiger partial charge in [-0.25, -0.2) is 8.42 Å². The Morgan fingerprint density at radius 1 is 0.967 bits per heavy atom. The van der Waals surface area contributed by atoms with Gasteiger partial charge in [-0.2, -0.15) is 13.2 Å². The van der Waals surface area contributed by atoms with Crippen molar-refractivity contribution in [3.8, 4) is 21.1 Å². The fourth-order valence-corrected chi connectivity index (χ4v) is 4.65. The van der Waals surface area contributed by atoms with Gasteiger partial charge in [0.2, 0.25) is 0 Å². The summed E-state index contributed by atoms with van der Waals surface area (Å²) < 4.78 is 61.1. The highest BCUT2D eigenvalue weighted by molar-refractivity contribution is 7.86. The number of aromatic nitrogens is 2. The van der Waals surface area contributed by atoms with Crippen LogP contribution in [0.1, 0.15) is 0 Å². The molecule has 1 aromatic heterocycles. The van der Waals surface area contributed by atoms with Gasteiger partial charge in [-0.05, 0) is 23.5 Å². The van der Waals surface area contributed by atoms with E-state index in [-0.39, 0.29) is 0 Å². The highest BCUT2D eigenvalue weighted by Gasteiger charge is 2.37. The summed E-state index contributed by atoms with van der Waals surface area (Å²) in [5, 5.41) is 7.26. The van der Waals surface area contributed by atoms with E-state index in [9.17, 15) is 13.2 Å². The van der Waals surface area contributed by atoms with Crippen molar-refractivity contribution in [3.05, 3.63) is 60.7 Å². The Balaban J connectivity index is 0.000000343. The maximum absolute atomic E-state index is 10.7. The van der Waals surface area contributed by atoms with Gasteiger partial charge in [-0.15, -0.1) is 0 Å². The van der Waals surface area contributed by atoms with Crippen LogP contribution in [-0.2, 0) is 16.3 Å². The minimum Gasteiger partial charge on any atom is -0.741 e. The lowest BCUT2D eigenvalue weighted by Gasteiger charge is -2.08. The maximum Gasteiger partial charge on any atom is 0.485 e. The van der Waals surface area contributed by atoms with Crippen molar-refractivity contribution in [2.45, 2.75) is 31.3 Å². The summed E-state index contributed by atoms with van der Waals surface area (Å²) in [6, 6.07) is 21.0.